The van der Waals surface area contributed by atoms with E-state index in [-0.39, 0.29) is 29.1 Å². The second-order valence-electron chi connectivity index (χ2n) is 8.70. The number of hydrogen-bond acceptors (Lipinski definition) is 2. The zero-order chi connectivity index (χ0) is 16.2. The van der Waals surface area contributed by atoms with Crippen molar-refractivity contribution in [2.45, 2.75) is 59.3 Å². The first kappa shape index (κ1) is 16.0. The third-order valence-corrected chi connectivity index (χ3v) is 7.39. The zero-order valence-electron chi connectivity index (χ0n) is 14.3. The number of hydrogen-bond donors (Lipinski definition) is 1. The molecule has 122 valence electrons. The molecule has 3 aliphatic rings. The van der Waals surface area contributed by atoms with Crippen molar-refractivity contribution in [3.63, 3.8) is 0 Å². The summed E-state index contributed by atoms with van der Waals surface area (Å²) >= 11 is 0. The molecule has 0 amide bonds. The average Bonchev–Trinajstić information content (AvgIpc) is 2.51. The number of ketones is 1. The minimum Gasteiger partial charge on any atom is -0.395 e. The van der Waals surface area contributed by atoms with Gasteiger partial charge in [-0.05, 0) is 54.8 Å². The predicted molar refractivity (Wildman–Crippen MR) is 89.4 cm³/mol. The molecule has 2 nitrogen and oxygen atoms in total. The maximum atomic E-state index is 12.5. The number of carbonyl (C=O) groups excluding carboxylic acids is 1. The fourth-order valence-electron chi connectivity index (χ4n) is 5.66. The van der Waals surface area contributed by atoms with Gasteiger partial charge in [0.25, 0.3) is 0 Å². The van der Waals surface area contributed by atoms with Gasteiger partial charge in [-0.15, -0.1) is 6.58 Å². The van der Waals surface area contributed by atoms with Gasteiger partial charge < -0.3 is 5.11 Å². The zero-order valence-corrected chi connectivity index (χ0v) is 14.3. The summed E-state index contributed by atoms with van der Waals surface area (Å²) in [6.07, 6.45) is 10.6. The van der Waals surface area contributed by atoms with E-state index in [1.165, 1.54) is 12.8 Å². The van der Waals surface area contributed by atoms with Gasteiger partial charge in [0, 0.05) is 6.42 Å². The smallest absolute Gasteiger partial charge is 0.141 e. The van der Waals surface area contributed by atoms with Crippen LogP contribution in [0.2, 0.25) is 0 Å². The molecule has 0 unspecified atom stereocenters. The van der Waals surface area contributed by atoms with E-state index in [2.05, 4.69) is 32.6 Å². The van der Waals surface area contributed by atoms with Crippen LogP contribution >= 0.6 is 0 Å². The first-order chi connectivity index (χ1) is 10.3. The number of carbonyl (C=O) groups is 1. The Hall–Kier alpha value is -0.890. The molecule has 2 saturated carbocycles. The second-order valence-corrected chi connectivity index (χ2v) is 8.70. The highest BCUT2D eigenvalue weighted by molar-refractivity contribution is 5.86. The second kappa shape index (κ2) is 5.06. The first-order valence-corrected chi connectivity index (χ1v) is 8.76. The van der Waals surface area contributed by atoms with Gasteiger partial charge in [0.15, 0.2) is 0 Å². The number of rotatable bonds is 2. The van der Waals surface area contributed by atoms with Crippen molar-refractivity contribution in [1.29, 1.82) is 0 Å². The molecule has 3 aliphatic carbocycles. The van der Waals surface area contributed by atoms with Crippen LogP contribution in [0.1, 0.15) is 59.3 Å². The number of aliphatic hydroxyl groups is 1. The molecule has 0 radical (unpaired) electrons. The van der Waals surface area contributed by atoms with Crippen molar-refractivity contribution < 1.29 is 9.90 Å². The summed E-state index contributed by atoms with van der Waals surface area (Å²) in [7, 11) is 0. The van der Waals surface area contributed by atoms with Crippen LogP contribution < -0.4 is 0 Å². The minimum atomic E-state index is -0.547. The summed E-state index contributed by atoms with van der Waals surface area (Å²) in [5.41, 5.74) is 1.43. The van der Waals surface area contributed by atoms with Crippen LogP contribution in [0.25, 0.3) is 0 Å². The molecule has 2 heteroatoms. The standard InChI is InChI=1S/C20H30O2/c1-5-18(2)10-8-15-14(12-18)6-7-16-19(15,3)11-9-17(22)20(16,4)13-21/h5-6,15-16,21H,1,7-13H2,2-4H3/t15-,16-,18+,19-,20-/m1/s1. The quantitative estimate of drug-likeness (QED) is 0.772. The van der Waals surface area contributed by atoms with Crippen LogP contribution in [0, 0.1) is 28.1 Å². The highest BCUT2D eigenvalue weighted by atomic mass is 16.3. The van der Waals surface area contributed by atoms with Crippen molar-refractivity contribution in [1.82, 2.24) is 0 Å². The summed E-state index contributed by atoms with van der Waals surface area (Å²) in [6.45, 7) is 10.7. The summed E-state index contributed by atoms with van der Waals surface area (Å²) in [5, 5.41) is 9.94. The Kier molecular flexibility index (Phi) is 3.67. The molecule has 3 rings (SSSR count). The van der Waals surface area contributed by atoms with Crippen molar-refractivity contribution in [3.8, 4) is 0 Å². The van der Waals surface area contributed by atoms with E-state index in [1.54, 1.807) is 5.57 Å². The van der Waals surface area contributed by atoms with Crippen LogP contribution in [0.4, 0.5) is 0 Å². The lowest BCUT2D eigenvalue weighted by molar-refractivity contribution is -0.150. The third-order valence-electron chi connectivity index (χ3n) is 7.39. The molecule has 0 heterocycles. The highest BCUT2D eigenvalue weighted by Gasteiger charge is 2.58. The molecule has 0 aromatic heterocycles. The predicted octanol–water partition coefficient (Wildman–Crippen LogP) is 4.29. The van der Waals surface area contributed by atoms with E-state index in [9.17, 15) is 9.90 Å². The fraction of sp³-hybridized carbons (Fsp3) is 0.750. The Labute approximate surface area is 134 Å². The van der Waals surface area contributed by atoms with E-state index < -0.39 is 5.41 Å². The molecular formula is C20H30O2. The van der Waals surface area contributed by atoms with Crippen molar-refractivity contribution in [2.75, 3.05) is 6.61 Å². The number of Topliss-reactive ketones (excluding diaryl/α,β-unsaturated/α-hetero) is 1. The van der Waals surface area contributed by atoms with Crippen LogP contribution in [-0.4, -0.2) is 17.5 Å². The molecule has 0 bridgehead atoms. The van der Waals surface area contributed by atoms with Crippen molar-refractivity contribution >= 4 is 5.78 Å². The van der Waals surface area contributed by atoms with Crippen molar-refractivity contribution in [2.24, 2.45) is 28.1 Å². The lowest BCUT2D eigenvalue weighted by atomic mass is 9.45. The Bertz CT molecular complexity index is 534. The fourth-order valence-corrected chi connectivity index (χ4v) is 5.66. The van der Waals surface area contributed by atoms with Crippen LogP contribution in [-0.2, 0) is 4.79 Å². The van der Waals surface area contributed by atoms with E-state index in [0.29, 0.717) is 12.3 Å². The summed E-state index contributed by atoms with van der Waals surface area (Å²) < 4.78 is 0. The maximum absolute atomic E-state index is 12.5. The monoisotopic (exact) mass is 302 g/mol. The van der Waals surface area contributed by atoms with Gasteiger partial charge in [-0.2, -0.15) is 0 Å². The molecule has 0 aliphatic heterocycles. The highest BCUT2D eigenvalue weighted by Crippen LogP contribution is 2.62. The lowest BCUT2D eigenvalue weighted by Crippen LogP contribution is -2.56. The molecular weight excluding hydrogens is 272 g/mol. The molecule has 5 atom stereocenters. The minimum absolute atomic E-state index is 0.00758. The van der Waals surface area contributed by atoms with Crippen LogP contribution in [0.3, 0.4) is 0 Å². The summed E-state index contributed by atoms with van der Waals surface area (Å²) in [4.78, 5) is 12.5. The van der Waals surface area contributed by atoms with E-state index in [0.717, 1.165) is 19.3 Å². The Morgan fingerprint density at radius 1 is 1.36 bits per heavy atom. The van der Waals surface area contributed by atoms with Gasteiger partial charge in [-0.3, -0.25) is 4.79 Å². The Morgan fingerprint density at radius 2 is 2.09 bits per heavy atom. The average molecular weight is 302 g/mol. The molecule has 0 aromatic carbocycles. The van der Waals surface area contributed by atoms with Gasteiger partial charge in [-0.25, -0.2) is 0 Å². The molecule has 0 spiro atoms. The van der Waals surface area contributed by atoms with E-state index in [1.807, 2.05) is 6.92 Å². The van der Waals surface area contributed by atoms with Gasteiger partial charge in [-0.1, -0.05) is 38.5 Å². The van der Waals surface area contributed by atoms with E-state index >= 15 is 0 Å². The molecule has 2 fully saturated rings. The molecule has 22 heavy (non-hydrogen) atoms. The maximum Gasteiger partial charge on any atom is 0.141 e. The van der Waals surface area contributed by atoms with Crippen molar-refractivity contribution in [3.05, 3.63) is 24.3 Å². The number of allylic oxidation sites excluding steroid dienone is 3. The number of aliphatic hydroxyl groups excluding tert-OH is 1. The normalized spacial score (nSPS) is 48.2. The van der Waals surface area contributed by atoms with E-state index in [4.69, 9.17) is 0 Å². The topological polar surface area (TPSA) is 37.3 Å². The Morgan fingerprint density at radius 3 is 2.73 bits per heavy atom. The van der Waals surface area contributed by atoms with Crippen LogP contribution in [0.5, 0.6) is 0 Å². The largest absolute Gasteiger partial charge is 0.395 e. The van der Waals surface area contributed by atoms with Gasteiger partial charge in [0.05, 0.1) is 12.0 Å². The number of fused-ring (bicyclic) bond motifs is 3. The van der Waals surface area contributed by atoms with Gasteiger partial charge in [0.1, 0.15) is 5.78 Å². The van der Waals surface area contributed by atoms with Gasteiger partial charge in [0.2, 0.25) is 0 Å². The molecule has 0 saturated heterocycles. The summed E-state index contributed by atoms with van der Waals surface area (Å²) in [6, 6.07) is 0. The Balaban J connectivity index is 1.98. The first-order valence-electron chi connectivity index (χ1n) is 8.76. The van der Waals surface area contributed by atoms with Crippen LogP contribution in [0.15, 0.2) is 24.3 Å². The lowest BCUT2D eigenvalue weighted by Gasteiger charge is -2.58. The third kappa shape index (κ3) is 2.06. The summed E-state index contributed by atoms with van der Waals surface area (Å²) in [5.74, 6) is 1.13. The molecule has 0 aromatic rings. The van der Waals surface area contributed by atoms with Gasteiger partial charge >= 0.3 is 0 Å². The molecule has 1 N–H and O–H groups in total. The SMILES string of the molecule is C=C[C@@]1(C)CC[C@@H]2C(=CC[C@@H]3[C@]2(C)CCC(=O)[C@]3(C)CO)C1.